The Morgan fingerprint density at radius 2 is 2.15 bits per heavy atom. The summed E-state index contributed by atoms with van der Waals surface area (Å²) in [4.78, 5) is 0. The van der Waals surface area contributed by atoms with Crippen LogP contribution in [0, 0.1) is 0 Å². The van der Waals surface area contributed by atoms with Gasteiger partial charge in [0, 0.05) is 17.6 Å². The van der Waals surface area contributed by atoms with Crippen molar-refractivity contribution in [1.29, 1.82) is 0 Å². The van der Waals surface area contributed by atoms with Crippen molar-refractivity contribution in [2.75, 3.05) is 18.1 Å². The quantitative estimate of drug-likeness (QED) is 0.906. The zero-order chi connectivity index (χ0) is 14.6. The summed E-state index contributed by atoms with van der Waals surface area (Å²) in [5.41, 5.74) is 1.08. The summed E-state index contributed by atoms with van der Waals surface area (Å²) in [6.07, 6.45) is 1.67. The first-order valence-electron chi connectivity index (χ1n) is 7.20. The Morgan fingerprint density at radius 1 is 1.40 bits per heavy atom. The number of ether oxygens (including phenoxy) is 1. The van der Waals surface area contributed by atoms with E-state index in [-0.39, 0.29) is 17.8 Å². The van der Waals surface area contributed by atoms with E-state index in [1.54, 1.807) is 0 Å². The number of hydrogen-bond donors (Lipinski definition) is 1. The van der Waals surface area contributed by atoms with Gasteiger partial charge in [0.25, 0.3) is 0 Å². The van der Waals surface area contributed by atoms with Crippen LogP contribution >= 0.6 is 0 Å². The minimum atomic E-state index is -2.87. The Hall–Kier alpha value is -1.07. The lowest BCUT2D eigenvalue weighted by molar-refractivity contribution is 0.329. The topological polar surface area (TPSA) is 55.4 Å². The highest BCUT2D eigenvalue weighted by Gasteiger charge is 2.26. The third-order valence-electron chi connectivity index (χ3n) is 3.63. The van der Waals surface area contributed by atoms with Crippen LogP contribution in [-0.2, 0) is 9.84 Å². The lowest BCUT2D eigenvalue weighted by Gasteiger charge is -2.27. The van der Waals surface area contributed by atoms with E-state index in [1.165, 1.54) is 0 Å². The summed E-state index contributed by atoms with van der Waals surface area (Å²) in [5.74, 6) is 1.44. The highest BCUT2D eigenvalue weighted by Crippen LogP contribution is 2.26. The Morgan fingerprint density at radius 3 is 2.85 bits per heavy atom. The molecule has 1 aliphatic rings. The number of rotatable bonds is 5. The van der Waals surface area contributed by atoms with Crippen LogP contribution < -0.4 is 10.1 Å². The summed E-state index contributed by atoms with van der Waals surface area (Å²) in [7, 11) is -2.87. The molecule has 1 fully saturated rings. The van der Waals surface area contributed by atoms with Gasteiger partial charge < -0.3 is 10.1 Å². The molecule has 2 rings (SSSR count). The average molecular weight is 297 g/mol. The van der Waals surface area contributed by atoms with Crippen molar-refractivity contribution >= 4 is 9.84 Å². The van der Waals surface area contributed by atoms with Crippen molar-refractivity contribution in [3.8, 4) is 5.75 Å². The second-order valence-electron chi connectivity index (χ2n) is 5.31. The summed E-state index contributed by atoms with van der Waals surface area (Å²) >= 11 is 0. The zero-order valence-electron chi connectivity index (χ0n) is 12.1. The summed E-state index contributed by atoms with van der Waals surface area (Å²) in [6.45, 7) is 4.64. The molecule has 4 nitrogen and oxygen atoms in total. The average Bonchev–Trinajstić information content (AvgIpc) is 2.38. The molecule has 0 amide bonds. The molecule has 112 valence electrons. The van der Waals surface area contributed by atoms with E-state index in [4.69, 9.17) is 4.74 Å². The van der Waals surface area contributed by atoms with Crippen LogP contribution in [0.3, 0.4) is 0 Å². The number of para-hydroxylation sites is 1. The molecule has 2 unspecified atom stereocenters. The van der Waals surface area contributed by atoms with Crippen LogP contribution in [0.25, 0.3) is 0 Å². The fourth-order valence-corrected chi connectivity index (χ4v) is 4.37. The van der Waals surface area contributed by atoms with E-state index < -0.39 is 9.84 Å². The van der Waals surface area contributed by atoms with Crippen molar-refractivity contribution in [2.45, 2.75) is 38.8 Å². The van der Waals surface area contributed by atoms with Gasteiger partial charge in [-0.1, -0.05) is 18.2 Å². The van der Waals surface area contributed by atoms with Gasteiger partial charge in [-0.25, -0.2) is 8.42 Å². The highest BCUT2D eigenvalue weighted by molar-refractivity contribution is 7.91. The molecule has 0 aromatic heterocycles. The Bertz CT molecular complexity index is 542. The second-order valence-corrected chi connectivity index (χ2v) is 7.54. The molecule has 0 radical (unpaired) electrons. The number of sulfone groups is 1. The number of nitrogens with one attached hydrogen (secondary N) is 1. The molecule has 20 heavy (non-hydrogen) atoms. The highest BCUT2D eigenvalue weighted by atomic mass is 32.2. The maximum Gasteiger partial charge on any atom is 0.151 e. The van der Waals surface area contributed by atoms with Gasteiger partial charge in [-0.15, -0.1) is 0 Å². The van der Waals surface area contributed by atoms with Crippen molar-refractivity contribution in [3.05, 3.63) is 29.8 Å². The van der Waals surface area contributed by atoms with Crippen molar-refractivity contribution < 1.29 is 13.2 Å². The fraction of sp³-hybridized carbons (Fsp3) is 0.600. The zero-order valence-corrected chi connectivity index (χ0v) is 12.9. The standard InChI is InChI=1S/C15H23NO3S/c1-3-19-15-9-5-4-8-14(15)12(2)16-13-7-6-10-20(17,18)11-13/h4-5,8-9,12-13,16H,3,6-7,10-11H2,1-2H3. The van der Waals surface area contributed by atoms with E-state index in [0.717, 1.165) is 24.2 Å². The van der Waals surface area contributed by atoms with Gasteiger partial charge in [0.15, 0.2) is 9.84 Å². The third-order valence-corrected chi connectivity index (χ3v) is 5.46. The van der Waals surface area contributed by atoms with Gasteiger partial charge in [0.05, 0.1) is 18.1 Å². The molecule has 1 aliphatic heterocycles. The van der Waals surface area contributed by atoms with E-state index in [9.17, 15) is 8.42 Å². The van der Waals surface area contributed by atoms with E-state index in [0.29, 0.717) is 12.4 Å². The number of benzene rings is 1. The van der Waals surface area contributed by atoms with Crippen LogP contribution in [-0.4, -0.2) is 32.6 Å². The SMILES string of the molecule is CCOc1ccccc1C(C)NC1CCCS(=O)(=O)C1. The van der Waals surface area contributed by atoms with Crippen LogP contribution in [0.1, 0.15) is 38.3 Å². The molecular weight excluding hydrogens is 274 g/mol. The van der Waals surface area contributed by atoms with Gasteiger partial charge in [0.2, 0.25) is 0 Å². The first kappa shape index (κ1) is 15.3. The molecule has 1 aromatic carbocycles. The Labute approximate surface area is 121 Å². The molecule has 0 saturated carbocycles. The smallest absolute Gasteiger partial charge is 0.151 e. The molecule has 1 aromatic rings. The van der Waals surface area contributed by atoms with Crippen molar-refractivity contribution in [1.82, 2.24) is 5.32 Å². The second kappa shape index (κ2) is 6.59. The lowest BCUT2D eigenvalue weighted by Crippen LogP contribution is -2.41. The summed E-state index contributed by atoms with van der Waals surface area (Å²) in [5, 5.41) is 3.43. The maximum absolute atomic E-state index is 11.7. The predicted octanol–water partition coefficient (Wildman–Crippen LogP) is 2.31. The predicted molar refractivity (Wildman–Crippen MR) is 80.8 cm³/mol. The van der Waals surface area contributed by atoms with E-state index >= 15 is 0 Å². The number of hydrogen-bond acceptors (Lipinski definition) is 4. The lowest BCUT2D eigenvalue weighted by atomic mass is 10.1. The molecule has 2 atom stereocenters. The fourth-order valence-electron chi connectivity index (χ4n) is 2.72. The first-order valence-corrected chi connectivity index (χ1v) is 9.02. The van der Waals surface area contributed by atoms with Gasteiger partial charge in [-0.3, -0.25) is 0 Å². The molecule has 1 saturated heterocycles. The first-order chi connectivity index (χ1) is 9.52. The van der Waals surface area contributed by atoms with E-state index in [2.05, 4.69) is 12.2 Å². The van der Waals surface area contributed by atoms with Crippen LogP contribution in [0.4, 0.5) is 0 Å². The molecule has 5 heteroatoms. The van der Waals surface area contributed by atoms with Gasteiger partial charge in [-0.05, 0) is 32.8 Å². The van der Waals surface area contributed by atoms with Crippen LogP contribution in [0.2, 0.25) is 0 Å². The van der Waals surface area contributed by atoms with Gasteiger partial charge in [0.1, 0.15) is 5.75 Å². The molecular formula is C15H23NO3S. The maximum atomic E-state index is 11.7. The van der Waals surface area contributed by atoms with Crippen LogP contribution in [0.5, 0.6) is 5.75 Å². The minimum Gasteiger partial charge on any atom is -0.494 e. The summed E-state index contributed by atoms with van der Waals surface area (Å²) in [6, 6.07) is 8.03. The van der Waals surface area contributed by atoms with Crippen LogP contribution in [0.15, 0.2) is 24.3 Å². The third kappa shape index (κ3) is 3.96. The Kier molecular flexibility index (Phi) is 5.05. The molecule has 1 heterocycles. The molecule has 0 bridgehead atoms. The Balaban J connectivity index is 2.06. The van der Waals surface area contributed by atoms with Gasteiger partial charge >= 0.3 is 0 Å². The van der Waals surface area contributed by atoms with Crippen molar-refractivity contribution in [3.63, 3.8) is 0 Å². The molecule has 0 aliphatic carbocycles. The largest absolute Gasteiger partial charge is 0.494 e. The minimum absolute atomic E-state index is 0.0402. The normalized spacial score (nSPS) is 23.2. The molecule has 0 spiro atoms. The van der Waals surface area contributed by atoms with Gasteiger partial charge in [-0.2, -0.15) is 0 Å². The monoisotopic (exact) mass is 297 g/mol. The van der Waals surface area contributed by atoms with Crippen molar-refractivity contribution in [2.24, 2.45) is 0 Å². The molecule has 1 N–H and O–H groups in total. The van der Waals surface area contributed by atoms with E-state index in [1.807, 2.05) is 31.2 Å². The summed E-state index contributed by atoms with van der Waals surface area (Å²) < 4.78 is 29.0.